The van der Waals surface area contributed by atoms with Crippen molar-refractivity contribution in [1.29, 1.82) is 0 Å². The van der Waals surface area contributed by atoms with Crippen LogP contribution in [0.25, 0.3) is 0 Å². The Balaban J connectivity index is 1.57. The number of thioether (sulfide) groups is 1. The maximum atomic E-state index is 10.6. The van der Waals surface area contributed by atoms with Gasteiger partial charge in [-0.2, -0.15) is 0 Å². The summed E-state index contributed by atoms with van der Waals surface area (Å²) in [5.74, 6) is 1.80. The Kier molecular flexibility index (Phi) is 4.60. The van der Waals surface area contributed by atoms with Crippen molar-refractivity contribution in [2.75, 3.05) is 12.4 Å². The van der Waals surface area contributed by atoms with E-state index in [1.165, 1.54) is 12.1 Å². The van der Waals surface area contributed by atoms with Gasteiger partial charge in [0.25, 0.3) is 5.69 Å². The first-order valence-corrected chi connectivity index (χ1v) is 7.96. The highest BCUT2D eigenvalue weighted by atomic mass is 32.2. The minimum absolute atomic E-state index is 0.0853. The highest BCUT2D eigenvalue weighted by Crippen LogP contribution is 2.35. The molecular formula is C16H15NO4S. The first kappa shape index (κ1) is 14.9. The molecule has 1 aliphatic heterocycles. The smallest absolute Gasteiger partial charge is 0.269 e. The van der Waals surface area contributed by atoms with Gasteiger partial charge in [-0.1, -0.05) is 12.1 Å². The van der Waals surface area contributed by atoms with Gasteiger partial charge in [0.1, 0.15) is 17.8 Å². The number of hydrogen-bond acceptors (Lipinski definition) is 5. The number of nitro groups is 1. The van der Waals surface area contributed by atoms with E-state index in [0.29, 0.717) is 6.61 Å². The van der Waals surface area contributed by atoms with E-state index < -0.39 is 4.92 Å². The zero-order chi connectivity index (χ0) is 15.4. The fourth-order valence-electron chi connectivity index (χ4n) is 2.15. The van der Waals surface area contributed by atoms with Crippen molar-refractivity contribution in [3.8, 4) is 5.75 Å². The lowest BCUT2D eigenvalue weighted by atomic mass is 10.2. The minimum atomic E-state index is -0.410. The Hall–Kier alpha value is -2.05. The summed E-state index contributed by atoms with van der Waals surface area (Å²) in [6, 6.07) is 14.2. The molecule has 1 atom stereocenters. The van der Waals surface area contributed by atoms with Gasteiger partial charge in [-0.15, -0.1) is 11.8 Å². The van der Waals surface area contributed by atoms with Crippen LogP contribution in [-0.4, -0.2) is 17.3 Å². The van der Waals surface area contributed by atoms with Crippen LogP contribution in [-0.2, 0) is 11.3 Å². The molecule has 0 aliphatic carbocycles. The summed E-state index contributed by atoms with van der Waals surface area (Å²) in [7, 11) is 0. The number of nitro benzene ring substituents is 1. The predicted octanol–water partition coefficient (Wildman–Crippen LogP) is 3.94. The molecule has 0 aromatic heterocycles. The van der Waals surface area contributed by atoms with Crippen LogP contribution in [0.15, 0.2) is 48.5 Å². The molecule has 1 unspecified atom stereocenters. The van der Waals surface area contributed by atoms with Crippen LogP contribution in [0.5, 0.6) is 5.75 Å². The van der Waals surface area contributed by atoms with E-state index in [4.69, 9.17) is 9.47 Å². The van der Waals surface area contributed by atoms with Crippen LogP contribution in [0.3, 0.4) is 0 Å². The highest BCUT2D eigenvalue weighted by molar-refractivity contribution is 7.99. The third-order valence-electron chi connectivity index (χ3n) is 3.33. The molecule has 0 amide bonds. The molecule has 0 spiro atoms. The van der Waals surface area contributed by atoms with Crippen molar-refractivity contribution in [3.05, 3.63) is 69.8 Å². The molecule has 0 bridgehead atoms. The van der Waals surface area contributed by atoms with Crippen molar-refractivity contribution < 1.29 is 14.4 Å². The van der Waals surface area contributed by atoms with Gasteiger partial charge in [-0.25, -0.2) is 0 Å². The van der Waals surface area contributed by atoms with Crippen LogP contribution in [0, 0.1) is 10.1 Å². The Labute approximate surface area is 132 Å². The van der Waals surface area contributed by atoms with Gasteiger partial charge in [0.05, 0.1) is 11.5 Å². The Morgan fingerprint density at radius 1 is 1.18 bits per heavy atom. The van der Waals surface area contributed by atoms with Crippen LogP contribution in [0.4, 0.5) is 5.69 Å². The van der Waals surface area contributed by atoms with Gasteiger partial charge in [0.15, 0.2) is 0 Å². The monoisotopic (exact) mass is 317 g/mol. The normalized spacial score (nSPS) is 17.4. The molecular weight excluding hydrogens is 302 g/mol. The average molecular weight is 317 g/mol. The Bertz CT molecular complexity index is 636. The lowest BCUT2D eigenvalue weighted by Gasteiger charge is -2.10. The van der Waals surface area contributed by atoms with Gasteiger partial charge >= 0.3 is 0 Å². The SMILES string of the molecule is O=[N+]([O-])c1ccc(COc2ccc(C3OCCS3)cc2)cc1. The van der Waals surface area contributed by atoms with Gasteiger partial charge in [-0.05, 0) is 35.4 Å². The van der Waals surface area contributed by atoms with Gasteiger partial charge in [0.2, 0.25) is 0 Å². The van der Waals surface area contributed by atoms with E-state index >= 15 is 0 Å². The molecule has 0 N–H and O–H groups in total. The van der Waals surface area contributed by atoms with Gasteiger partial charge in [0, 0.05) is 17.9 Å². The molecule has 22 heavy (non-hydrogen) atoms. The van der Waals surface area contributed by atoms with Crippen LogP contribution in [0.2, 0.25) is 0 Å². The van der Waals surface area contributed by atoms with E-state index in [0.717, 1.165) is 29.2 Å². The predicted molar refractivity (Wildman–Crippen MR) is 85.0 cm³/mol. The molecule has 2 aromatic rings. The summed E-state index contributed by atoms with van der Waals surface area (Å²) >= 11 is 1.80. The number of hydrogen-bond donors (Lipinski definition) is 0. The van der Waals surface area contributed by atoms with E-state index in [1.807, 2.05) is 24.3 Å². The van der Waals surface area contributed by atoms with Crippen LogP contribution >= 0.6 is 11.8 Å². The third kappa shape index (κ3) is 3.58. The second kappa shape index (κ2) is 6.81. The van der Waals surface area contributed by atoms with Gasteiger partial charge in [-0.3, -0.25) is 10.1 Å². The number of nitrogens with zero attached hydrogens (tertiary/aromatic N) is 1. The summed E-state index contributed by atoms with van der Waals surface area (Å²) < 4.78 is 11.3. The lowest BCUT2D eigenvalue weighted by molar-refractivity contribution is -0.384. The van der Waals surface area contributed by atoms with Crippen molar-refractivity contribution >= 4 is 17.4 Å². The molecule has 1 saturated heterocycles. The molecule has 114 valence electrons. The van der Waals surface area contributed by atoms with Crippen molar-refractivity contribution in [2.24, 2.45) is 0 Å². The van der Waals surface area contributed by atoms with E-state index in [9.17, 15) is 10.1 Å². The zero-order valence-electron chi connectivity index (χ0n) is 11.8. The van der Waals surface area contributed by atoms with Crippen molar-refractivity contribution in [3.63, 3.8) is 0 Å². The van der Waals surface area contributed by atoms with Gasteiger partial charge < -0.3 is 9.47 Å². The van der Waals surface area contributed by atoms with Crippen molar-refractivity contribution in [1.82, 2.24) is 0 Å². The summed E-state index contributed by atoms with van der Waals surface area (Å²) in [5.41, 5.74) is 2.25. The molecule has 0 radical (unpaired) electrons. The number of ether oxygens (including phenoxy) is 2. The molecule has 1 fully saturated rings. The zero-order valence-corrected chi connectivity index (χ0v) is 12.6. The average Bonchev–Trinajstić information content (AvgIpc) is 3.08. The second-order valence-electron chi connectivity index (χ2n) is 4.85. The number of benzene rings is 2. The summed E-state index contributed by atoms with van der Waals surface area (Å²) in [6.45, 7) is 1.18. The summed E-state index contributed by atoms with van der Waals surface area (Å²) in [6.07, 6.45) is 0. The van der Waals surface area contributed by atoms with E-state index in [2.05, 4.69) is 0 Å². The largest absolute Gasteiger partial charge is 0.489 e. The molecule has 2 aromatic carbocycles. The number of rotatable bonds is 5. The first-order chi connectivity index (χ1) is 10.7. The molecule has 1 aliphatic rings. The Morgan fingerprint density at radius 3 is 2.50 bits per heavy atom. The maximum absolute atomic E-state index is 10.6. The molecule has 5 nitrogen and oxygen atoms in total. The molecule has 6 heteroatoms. The molecule has 0 saturated carbocycles. The lowest BCUT2D eigenvalue weighted by Crippen LogP contribution is -1.97. The standard InChI is InChI=1S/C16H15NO4S/c18-17(19)14-5-1-12(2-6-14)11-21-15-7-3-13(4-8-15)16-20-9-10-22-16/h1-8,16H,9-11H2. The summed E-state index contributed by atoms with van der Waals surface area (Å²) in [4.78, 5) is 10.2. The Morgan fingerprint density at radius 2 is 1.91 bits per heavy atom. The fourth-order valence-corrected chi connectivity index (χ4v) is 3.10. The molecule has 1 heterocycles. The van der Waals surface area contributed by atoms with Crippen LogP contribution in [0.1, 0.15) is 16.6 Å². The van der Waals surface area contributed by atoms with Crippen molar-refractivity contribution in [2.45, 2.75) is 12.0 Å². The highest BCUT2D eigenvalue weighted by Gasteiger charge is 2.17. The topological polar surface area (TPSA) is 61.6 Å². The second-order valence-corrected chi connectivity index (χ2v) is 6.02. The minimum Gasteiger partial charge on any atom is -0.489 e. The number of non-ortho nitro benzene ring substituents is 1. The summed E-state index contributed by atoms with van der Waals surface area (Å²) in [5, 5.41) is 10.6. The van der Waals surface area contributed by atoms with E-state index in [-0.39, 0.29) is 11.1 Å². The quantitative estimate of drug-likeness (QED) is 0.617. The van der Waals surface area contributed by atoms with Crippen LogP contribution < -0.4 is 4.74 Å². The van der Waals surface area contributed by atoms with E-state index in [1.54, 1.807) is 23.9 Å². The molecule has 3 rings (SSSR count). The first-order valence-electron chi connectivity index (χ1n) is 6.92. The fraction of sp³-hybridized carbons (Fsp3) is 0.250. The third-order valence-corrected chi connectivity index (χ3v) is 4.44. The maximum Gasteiger partial charge on any atom is 0.269 e.